The number of aromatic nitrogens is 2. The number of carbonyl (C=O) groups is 1. The summed E-state index contributed by atoms with van der Waals surface area (Å²) in [5.74, 6) is 2.41. The zero-order chi connectivity index (χ0) is 33.5. The molecular formula is C37H56ClFN4O4S. The lowest BCUT2D eigenvalue weighted by Crippen LogP contribution is -2.57. The van der Waals surface area contributed by atoms with Crippen molar-refractivity contribution in [2.75, 3.05) is 25.4 Å². The number of likely N-dealkylation sites (tertiary alicyclic amines) is 1. The normalized spacial score (nSPS) is 39.5. The van der Waals surface area contributed by atoms with Gasteiger partial charge in [0.15, 0.2) is 0 Å². The number of nitrogens with one attached hydrogen (secondary N) is 1. The number of aliphatic carboxylic acids is 1. The summed E-state index contributed by atoms with van der Waals surface area (Å²) in [5.41, 5.74) is 1.97. The van der Waals surface area contributed by atoms with Crippen molar-refractivity contribution in [3.63, 3.8) is 0 Å². The van der Waals surface area contributed by atoms with Crippen molar-refractivity contribution in [2.24, 2.45) is 29.6 Å². The molecule has 0 bridgehead atoms. The maximum atomic E-state index is 14.0. The van der Waals surface area contributed by atoms with Crippen molar-refractivity contribution in [2.45, 2.75) is 145 Å². The van der Waals surface area contributed by atoms with E-state index in [0.29, 0.717) is 36.8 Å². The summed E-state index contributed by atoms with van der Waals surface area (Å²) in [4.78, 5) is 33.6. The number of hydrogen-bond donors (Lipinski definition) is 2. The molecule has 5 fully saturated rings. The summed E-state index contributed by atoms with van der Waals surface area (Å²) in [6.45, 7) is 7.23. The highest BCUT2D eigenvalue weighted by Gasteiger charge is 2.51. The SMILES string of the molecule is Cc1nc2c(c(=O)n1CCOC1CCC(Cl)CC1C1CC(C)NC3C(C(=O)O)CSC13)CC(N1CCC(C3CCC(F)CC3)CC1)CC2. The Morgan fingerprint density at radius 3 is 2.56 bits per heavy atom. The van der Waals surface area contributed by atoms with Gasteiger partial charge in [-0.15, -0.1) is 11.6 Å². The molecule has 9 unspecified atom stereocenters. The number of fused-ring (bicyclic) bond motifs is 2. The highest BCUT2D eigenvalue weighted by molar-refractivity contribution is 8.00. The van der Waals surface area contributed by atoms with E-state index >= 15 is 0 Å². The van der Waals surface area contributed by atoms with Crippen LogP contribution < -0.4 is 10.9 Å². The average Bonchev–Trinajstić information content (AvgIpc) is 3.51. The van der Waals surface area contributed by atoms with Gasteiger partial charge in [0.05, 0.1) is 30.9 Å². The molecule has 0 radical (unpaired) electrons. The Bertz CT molecular complexity index is 1350. The fourth-order valence-corrected chi connectivity index (χ4v) is 12.7. The van der Waals surface area contributed by atoms with E-state index in [-0.39, 0.29) is 46.2 Å². The molecule has 2 saturated carbocycles. The van der Waals surface area contributed by atoms with Crippen molar-refractivity contribution >= 4 is 29.3 Å². The fraction of sp³-hybridized carbons (Fsp3) is 0.865. The Labute approximate surface area is 294 Å². The van der Waals surface area contributed by atoms with Crippen molar-refractivity contribution in [3.05, 3.63) is 27.4 Å². The van der Waals surface area contributed by atoms with Crippen molar-refractivity contribution in [3.8, 4) is 0 Å². The van der Waals surface area contributed by atoms with Gasteiger partial charge >= 0.3 is 5.97 Å². The van der Waals surface area contributed by atoms with E-state index in [9.17, 15) is 19.1 Å². The number of halogens is 2. The summed E-state index contributed by atoms with van der Waals surface area (Å²) in [6, 6.07) is 0.630. The Hall–Kier alpha value is -1.20. The van der Waals surface area contributed by atoms with Crippen LogP contribution >= 0.6 is 23.4 Å². The first-order chi connectivity index (χ1) is 23.2. The average molecular weight is 707 g/mol. The van der Waals surface area contributed by atoms with Crippen molar-refractivity contribution in [1.82, 2.24) is 19.8 Å². The van der Waals surface area contributed by atoms with Gasteiger partial charge in [0.2, 0.25) is 0 Å². The van der Waals surface area contributed by atoms with E-state index in [1.165, 1.54) is 12.8 Å². The van der Waals surface area contributed by atoms with E-state index in [0.717, 1.165) is 107 Å². The molecule has 7 rings (SSSR count). The van der Waals surface area contributed by atoms with E-state index in [1.807, 2.05) is 23.3 Å². The van der Waals surface area contributed by atoms with Crippen LogP contribution in [-0.2, 0) is 28.9 Å². The monoisotopic (exact) mass is 706 g/mol. The van der Waals surface area contributed by atoms with Crippen LogP contribution in [0.25, 0.3) is 0 Å². The van der Waals surface area contributed by atoms with E-state index < -0.39 is 12.1 Å². The lowest BCUT2D eigenvalue weighted by molar-refractivity contribution is -0.142. The van der Waals surface area contributed by atoms with Crippen molar-refractivity contribution in [1.29, 1.82) is 0 Å². The maximum Gasteiger partial charge on any atom is 0.308 e. The van der Waals surface area contributed by atoms with Crippen LogP contribution in [0.5, 0.6) is 0 Å². The molecule has 0 aromatic carbocycles. The molecule has 48 heavy (non-hydrogen) atoms. The number of hydrogen-bond acceptors (Lipinski definition) is 7. The van der Waals surface area contributed by atoms with Gasteiger partial charge < -0.3 is 20.1 Å². The first-order valence-electron chi connectivity index (χ1n) is 19.0. The molecule has 2 N–H and O–H groups in total. The number of nitrogens with zero attached hydrogens (tertiary/aromatic N) is 3. The standard InChI is InChI=1S/C37H56ClFN4O4S/c1-21-17-29(35-34(40-21)31(20-48-35)37(45)46)28-18-25(38)5-10-33(28)47-16-15-43-22(2)41-32-9-8-27(19-30(32)36(43)44)42-13-11-24(12-14-42)23-3-6-26(39)7-4-23/h21,23-29,31,33-35,40H,3-20H2,1-2H3,(H,45,46). The molecule has 3 aliphatic heterocycles. The summed E-state index contributed by atoms with van der Waals surface area (Å²) in [6.07, 6.45) is 11.8. The lowest BCUT2D eigenvalue weighted by atomic mass is 9.70. The van der Waals surface area contributed by atoms with Crippen molar-refractivity contribution < 1.29 is 19.0 Å². The molecule has 11 heteroatoms. The van der Waals surface area contributed by atoms with E-state index in [2.05, 4.69) is 17.1 Å². The summed E-state index contributed by atoms with van der Waals surface area (Å²) in [7, 11) is 0. The lowest BCUT2D eigenvalue weighted by Gasteiger charge is -2.47. The number of piperidine rings is 2. The van der Waals surface area contributed by atoms with Gasteiger partial charge in [-0.2, -0.15) is 11.8 Å². The second-order valence-corrected chi connectivity index (χ2v) is 17.9. The van der Waals surface area contributed by atoms with Crippen LogP contribution in [0, 0.1) is 36.5 Å². The molecule has 9 atom stereocenters. The van der Waals surface area contributed by atoms with Gasteiger partial charge in [-0.05, 0) is 134 Å². The third-order valence-corrected chi connectivity index (χ3v) is 15.2. The van der Waals surface area contributed by atoms with Gasteiger partial charge in [-0.1, -0.05) is 0 Å². The third-order valence-electron chi connectivity index (χ3n) is 13.2. The Morgan fingerprint density at radius 1 is 1.06 bits per heavy atom. The number of carboxylic acids is 1. The third kappa shape index (κ3) is 7.40. The highest BCUT2D eigenvalue weighted by Crippen LogP contribution is 2.48. The molecule has 3 saturated heterocycles. The first kappa shape index (κ1) is 35.2. The van der Waals surface area contributed by atoms with Crippen LogP contribution in [-0.4, -0.2) is 92.0 Å². The predicted molar refractivity (Wildman–Crippen MR) is 189 cm³/mol. The molecule has 3 aliphatic carbocycles. The minimum atomic E-state index is -0.703. The van der Waals surface area contributed by atoms with Gasteiger partial charge in [-0.25, -0.2) is 9.37 Å². The van der Waals surface area contributed by atoms with E-state index in [4.69, 9.17) is 21.3 Å². The zero-order valence-electron chi connectivity index (χ0n) is 28.8. The first-order valence-corrected chi connectivity index (χ1v) is 20.5. The smallest absolute Gasteiger partial charge is 0.308 e. The molecule has 268 valence electrons. The minimum absolute atomic E-state index is 0.0157. The molecule has 0 amide bonds. The van der Waals surface area contributed by atoms with Gasteiger partial charge in [0.25, 0.3) is 5.56 Å². The maximum absolute atomic E-state index is 14.0. The van der Waals surface area contributed by atoms with E-state index in [1.54, 1.807) is 0 Å². The number of carboxylic acid groups (broad SMARTS) is 1. The Kier molecular flexibility index (Phi) is 11.1. The summed E-state index contributed by atoms with van der Waals surface area (Å²) >= 11 is 8.58. The van der Waals surface area contributed by atoms with Gasteiger partial charge in [0.1, 0.15) is 12.0 Å². The molecule has 0 spiro atoms. The molecule has 1 aromatic heterocycles. The Morgan fingerprint density at radius 2 is 1.81 bits per heavy atom. The largest absolute Gasteiger partial charge is 0.481 e. The molecule has 1 aromatic rings. The second-order valence-electron chi connectivity index (χ2n) is 16.0. The molecular weight excluding hydrogens is 651 g/mol. The quantitative estimate of drug-likeness (QED) is 0.337. The molecule has 4 heterocycles. The predicted octanol–water partition coefficient (Wildman–Crippen LogP) is 5.62. The number of thioether (sulfide) groups is 1. The highest BCUT2D eigenvalue weighted by atomic mass is 35.5. The number of alkyl halides is 2. The van der Waals surface area contributed by atoms with Crippen LogP contribution in [0.3, 0.4) is 0 Å². The van der Waals surface area contributed by atoms with Crippen LogP contribution in [0.15, 0.2) is 4.79 Å². The molecule has 6 aliphatic rings. The van der Waals surface area contributed by atoms with Crippen LogP contribution in [0.2, 0.25) is 0 Å². The van der Waals surface area contributed by atoms with Gasteiger partial charge in [0, 0.05) is 40.1 Å². The van der Waals surface area contributed by atoms with Crippen LogP contribution in [0.4, 0.5) is 4.39 Å². The van der Waals surface area contributed by atoms with Crippen LogP contribution in [0.1, 0.15) is 94.6 Å². The summed E-state index contributed by atoms with van der Waals surface area (Å²) in [5, 5.41) is 13.9. The topological polar surface area (TPSA) is 96.7 Å². The summed E-state index contributed by atoms with van der Waals surface area (Å²) < 4.78 is 22.2. The Balaban J connectivity index is 0.975. The second kappa shape index (κ2) is 15.2. The molecule has 8 nitrogen and oxygen atoms in total. The number of ether oxygens (including phenoxy) is 1. The number of rotatable bonds is 8. The fourth-order valence-electron chi connectivity index (χ4n) is 10.6. The minimum Gasteiger partial charge on any atom is -0.481 e. The zero-order valence-corrected chi connectivity index (χ0v) is 30.4. The number of aryl methyl sites for hydroxylation is 2. The van der Waals surface area contributed by atoms with Gasteiger partial charge in [-0.3, -0.25) is 14.2 Å².